The maximum atomic E-state index is 12.0. The van der Waals surface area contributed by atoms with E-state index in [0.717, 1.165) is 29.8 Å². The van der Waals surface area contributed by atoms with Gasteiger partial charge in [0, 0.05) is 25.2 Å². The summed E-state index contributed by atoms with van der Waals surface area (Å²) in [6.45, 7) is 3.19. The van der Waals surface area contributed by atoms with Crippen LogP contribution in [0.4, 0.5) is 10.5 Å². The van der Waals surface area contributed by atoms with Crippen molar-refractivity contribution in [3.05, 3.63) is 65.7 Å². The molecule has 130 valence electrons. The van der Waals surface area contributed by atoms with E-state index < -0.39 is 0 Å². The lowest BCUT2D eigenvalue weighted by Crippen LogP contribution is -2.36. The van der Waals surface area contributed by atoms with Crippen molar-refractivity contribution in [3.8, 4) is 0 Å². The lowest BCUT2D eigenvalue weighted by Gasteiger charge is -2.17. The molecule has 1 saturated heterocycles. The highest BCUT2D eigenvalue weighted by molar-refractivity contribution is 5.95. The van der Waals surface area contributed by atoms with Gasteiger partial charge in [-0.05, 0) is 36.6 Å². The van der Waals surface area contributed by atoms with Gasteiger partial charge in [0.1, 0.15) is 0 Å². The second-order valence-corrected chi connectivity index (χ2v) is 6.27. The van der Waals surface area contributed by atoms with Crippen molar-refractivity contribution in [2.24, 2.45) is 0 Å². The van der Waals surface area contributed by atoms with Gasteiger partial charge in [-0.3, -0.25) is 4.79 Å². The van der Waals surface area contributed by atoms with Crippen LogP contribution in [0.5, 0.6) is 0 Å². The van der Waals surface area contributed by atoms with Crippen molar-refractivity contribution < 1.29 is 9.59 Å². The Bertz CT molecular complexity index is 728. The molecule has 1 aliphatic heterocycles. The summed E-state index contributed by atoms with van der Waals surface area (Å²) in [7, 11) is 0. The average molecular weight is 337 g/mol. The highest BCUT2D eigenvalue weighted by Gasteiger charge is 2.21. The third kappa shape index (κ3) is 4.38. The molecule has 25 heavy (non-hydrogen) atoms. The molecular formula is C20H23N3O2. The van der Waals surface area contributed by atoms with E-state index in [-0.39, 0.29) is 18.0 Å². The van der Waals surface area contributed by atoms with E-state index in [2.05, 4.69) is 10.6 Å². The molecular weight excluding hydrogens is 314 g/mol. The highest BCUT2D eigenvalue weighted by atomic mass is 16.2. The van der Waals surface area contributed by atoms with E-state index in [0.29, 0.717) is 13.0 Å². The van der Waals surface area contributed by atoms with Gasteiger partial charge in [0.2, 0.25) is 5.91 Å². The molecule has 0 saturated carbocycles. The van der Waals surface area contributed by atoms with Crippen molar-refractivity contribution in [2.75, 3.05) is 11.4 Å². The van der Waals surface area contributed by atoms with E-state index in [9.17, 15) is 9.59 Å². The van der Waals surface area contributed by atoms with Gasteiger partial charge < -0.3 is 15.5 Å². The molecule has 0 radical (unpaired) electrons. The summed E-state index contributed by atoms with van der Waals surface area (Å²) in [6.07, 6.45) is 1.55. The monoisotopic (exact) mass is 337 g/mol. The standard InChI is InChI=1S/C20H23N3O2/c1-15(17-6-3-2-4-7-17)22-20(25)21-14-16-9-11-18(12-10-16)23-13-5-8-19(23)24/h2-4,6-7,9-12,15H,5,8,13-14H2,1H3,(H2,21,22,25). The number of carbonyl (C=O) groups excluding carboxylic acids is 2. The lowest BCUT2D eigenvalue weighted by atomic mass is 10.1. The molecule has 5 heteroatoms. The number of anilines is 1. The van der Waals surface area contributed by atoms with Gasteiger partial charge in [0.15, 0.2) is 0 Å². The molecule has 3 amide bonds. The second-order valence-electron chi connectivity index (χ2n) is 6.27. The number of amides is 3. The van der Waals surface area contributed by atoms with E-state index in [1.165, 1.54) is 0 Å². The summed E-state index contributed by atoms with van der Waals surface area (Å²) in [5, 5.41) is 5.79. The molecule has 1 fully saturated rings. The van der Waals surface area contributed by atoms with Crippen LogP contribution in [0, 0.1) is 0 Å². The first-order valence-electron chi connectivity index (χ1n) is 8.62. The molecule has 0 aromatic heterocycles. The van der Waals surface area contributed by atoms with Gasteiger partial charge in [0.25, 0.3) is 0 Å². The van der Waals surface area contributed by atoms with Crippen LogP contribution in [0.3, 0.4) is 0 Å². The minimum absolute atomic E-state index is 0.0512. The topological polar surface area (TPSA) is 61.4 Å². The fraction of sp³-hybridized carbons (Fsp3) is 0.300. The lowest BCUT2D eigenvalue weighted by molar-refractivity contribution is -0.117. The first kappa shape index (κ1) is 17.0. The predicted octanol–water partition coefficient (Wildman–Crippen LogP) is 3.37. The van der Waals surface area contributed by atoms with Crippen molar-refractivity contribution in [1.82, 2.24) is 10.6 Å². The third-order valence-corrected chi connectivity index (χ3v) is 4.42. The van der Waals surface area contributed by atoms with Crippen LogP contribution in [0.15, 0.2) is 54.6 Å². The molecule has 2 N–H and O–H groups in total. The minimum atomic E-state index is -0.199. The van der Waals surface area contributed by atoms with Crippen LogP contribution in [-0.2, 0) is 11.3 Å². The van der Waals surface area contributed by atoms with Crippen LogP contribution < -0.4 is 15.5 Å². The zero-order valence-corrected chi connectivity index (χ0v) is 14.4. The van der Waals surface area contributed by atoms with Crippen molar-refractivity contribution in [3.63, 3.8) is 0 Å². The van der Waals surface area contributed by atoms with Crippen LogP contribution in [0.25, 0.3) is 0 Å². The Labute approximate surface area is 148 Å². The number of urea groups is 1. The molecule has 1 atom stereocenters. The van der Waals surface area contributed by atoms with Crippen molar-refractivity contribution in [2.45, 2.75) is 32.4 Å². The van der Waals surface area contributed by atoms with Crippen molar-refractivity contribution in [1.29, 1.82) is 0 Å². The fourth-order valence-electron chi connectivity index (χ4n) is 2.97. The summed E-state index contributed by atoms with van der Waals surface area (Å²) < 4.78 is 0. The molecule has 1 unspecified atom stereocenters. The molecule has 5 nitrogen and oxygen atoms in total. The number of nitrogens with one attached hydrogen (secondary N) is 2. The minimum Gasteiger partial charge on any atom is -0.334 e. The van der Waals surface area contributed by atoms with E-state index in [1.807, 2.05) is 66.4 Å². The van der Waals surface area contributed by atoms with E-state index in [1.54, 1.807) is 0 Å². The fourth-order valence-corrected chi connectivity index (χ4v) is 2.97. The van der Waals surface area contributed by atoms with Gasteiger partial charge in [-0.1, -0.05) is 42.5 Å². The number of benzene rings is 2. The Kier molecular flexibility index (Phi) is 5.33. The maximum absolute atomic E-state index is 12.0. The van der Waals surface area contributed by atoms with Crippen LogP contribution in [0.2, 0.25) is 0 Å². The number of rotatable bonds is 5. The zero-order chi connectivity index (χ0) is 17.6. The Morgan fingerprint density at radius 2 is 1.84 bits per heavy atom. The van der Waals surface area contributed by atoms with Gasteiger partial charge in [-0.25, -0.2) is 4.79 Å². The zero-order valence-electron chi connectivity index (χ0n) is 14.4. The molecule has 0 bridgehead atoms. The summed E-state index contributed by atoms with van der Waals surface area (Å²) in [6, 6.07) is 17.4. The molecule has 3 rings (SSSR count). The van der Waals surface area contributed by atoms with Gasteiger partial charge in [0.05, 0.1) is 6.04 Å². The Balaban J connectivity index is 1.49. The first-order valence-corrected chi connectivity index (χ1v) is 8.62. The van der Waals surface area contributed by atoms with Gasteiger partial charge >= 0.3 is 6.03 Å². The van der Waals surface area contributed by atoms with E-state index in [4.69, 9.17) is 0 Å². The Morgan fingerprint density at radius 3 is 2.48 bits per heavy atom. The highest BCUT2D eigenvalue weighted by Crippen LogP contribution is 2.21. The number of nitrogens with zero attached hydrogens (tertiary/aromatic N) is 1. The summed E-state index contributed by atoms with van der Waals surface area (Å²) >= 11 is 0. The summed E-state index contributed by atoms with van der Waals surface area (Å²) in [5.74, 6) is 0.181. The summed E-state index contributed by atoms with van der Waals surface area (Å²) in [4.78, 5) is 25.6. The molecule has 2 aromatic rings. The second kappa shape index (κ2) is 7.83. The van der Waals surface area contributed by atoms with Crippen molar-refractivity contribution >= 4 is 17.6 Å². The first-order chi connectivity index (χ1) is 12.1. The smallest absolute Gasteiger partial charge is 0.315 e. The summed E-state index contributed by atoms with van der Waals surface area (Å²) in [5.41, 5.74) is 2.99. The molecule has 2 aromatic carbocycles. The molecule has 0 aliphatic carbocycles. The van der Waals surface area contributed by atoms with Crippen LogP contribution in [0.1, 0.15) is 36.9 Å². The molecule has 1 heterocycles. The average Bonchev–Trinajstić information content (AvgIpc) is 3.07. The SMILES string of the molecule is CC(NC(=O)NCc1ccc(N2CCCC2=O)cc1)c1ccccc1. The third-order valence-electron chi connectivity index (χ3n) is 4.42. The van der Waals surface area contributed by atoms with Gasteiger partial charge in [-0.2, -0.15) is 0 Å². The molecule has 0 spiro atoms. The number of carbonyl (C=O) groups is 2. The predicted molar refractivity (Wildman–Crippen MR) is 98.3 cm³/mol. The van der Waals surface area contributed by atoms with E-state index >= 15 is 0 Å². The number of hydrogen-bond acceptors (Lipinski definition) is 2. The number of hydrogen-bond donors (Lipinski definition) is 2. The largest absolute Gasteiger partial charge is 0.334 e. The Morgan fingerprint density at radius 1 is 1.12 bits per heavy atom. The Hall–Kier alpha value is -2.82. The molecule has 1 aliphatic rings. The maximum Gasteiger partial charge on any atom is 0.315 e. The quantitative estimate of drug-likeness (QED) is 0.879. The van der Waals surface area contributed by atoms with Gasteiger partial charge in [-0.15, -0.1) is 0 Å². The normalized spacial score (nSPS) is 15.1. The van der Waals surface area contributed by atoms with Crippen LogP contribution in [-0.4, -0.2) is 18.5 Å². The van der Waals surface area contributed by atoms with Crippen LogP contribution >= 0.6 is 0 Å².